The molecule has 0 aliphatic carbocycles. The number of nitro groups is 1. The van der Waals surface area contributed by atoms with Gasteiger partial charge in [-0.05, 0) is 0 Å². The molecule has 0 saturated heterocycles. The molecule has 0 atom stereocenters. The SMILES string of the molecule is Bc1bbc(F)c([N+](=O)[O-])b1. The average Bonchev–Trinajstić information content (AvgIpc) is 1.94. The molecule has 0 spiro atoms. The molecule has 1 aromatic heterocycles. The van der Waals surface area contributed by atoms with Gasteiger partial charge in [-0.3, -0.25) is 0 Å². The van der Waals surface area contributed by atoms with Gasteiger partial charge in [0.05, 0.1) is 0 Å². The molecule has 0 saturated carbocycles. The van der Waals surface area contributed by atoms with Crippen molar-refractivity contribution in [3.05, 3.63) is 15.8 Å². The zero-order chi connectivity index (χ0) is 8.43. The van der Waals surface area contributed by atoms with Gasteiger partial charge in [0.25, 0.3) is 0 Å². The Hall–Kier alpha value is -0.800. The van der Waals surface area contributed by atoms with Gasteiger partial charge in [-0.2, -0.15) is 0 Å². The topological polar surface area (TPSA) is 43.1 Å². The van der Waals surface area contributed by atoms with Gasteiger partial charge in [-0.25, -0.2) is 0 Å². The van der Waals surface area contributed by atoms with Crippen molar-refractivity contribution in [1.82, 2.24) is 0 Å². The van der Waals surface area contributed by atoms with Crippen molar-refractivity contribution in [2.45, 2.75) is 0 Å². The summed E-state index contributed by atoms with van der Waals surface area (Å²) in [6, 6.07) is 0. The summed E-state index contributed by atoms with van der Waals surface area (Å²) in [7, 11) is 1.67. The molecular formula is C3H2B4FNO2. The fourth-order valence-electron chi connectivity index (χ4n) is 0.763. The van der Waals surface area contributed by atoms with Crippen molar-refractivity contribution in [2.24, 2.45) is 0 Å². The van der Waals surface area contributed by atoms with E-state index < -0.39 is 16.2 Å². The molecule has 1 aromatic rings. The van der Waals surface area contributed by atoms with E-state index in [4.69, 9.17) is 0 Å². The van der Waals surface area contributed by atoms with Crippen LogP contribution in [-0.4, -0.2) is 33.3 Å². The van der Waals surface area contributed by atoms with Gasteiger partial charge in [0.2, 0.25) is 0 Å². The molecule has 0 radical (unpaired) electrons. The molecule has 1 heterocycles. The molecule has 3 nitrogen and oxygen atoms in total. The summed E-state index contributed by atoms with van der Waals surface area (Å²) in [5.74, 6) is 0. The molecule has 0 amide bonds. The van der Waals surface area contributed by atoms with Crippen LogP contribution in [0.25, 0.3) is 0 Å². The van der Waals surface area contributed by atoms with Gasteiger partial charge in [0, 0.05) is 0 Å². The van der Waals surface area contributed by atoms with Crippen molar-refractivity contribution >= 4 is 39.2 Å². The summed E-state index contributed by atoms with van der Waals surface area (Å²) in [5, 5.41) is 10.8. The molecule has 0 aliphatic heterocycles. The summed E-state index contributed by atoms with van der Waals surface area (Å²) in [6.45, 7) is 3.78. The fraction of sp³-hybridized carbons (Fsp3) is 0. The van der Waals surface area contributed by atoms with E-state index in [2.05, 4.69) is 0 Å². The Morgan fingerprint density at radius 3 is 2.64 bits per heavy atom. The van der Waals surface area contributed by atoms with Crippen LogP contribution in [0.15, 0.2) is 0 Å². The quantitative estimate of drug-likeness (QED) is 0.261. The minimum absolute atomic E-state index is 0.468. The predicted molar refractivity (Wildman–Crippen MR) is 45.3 cm³/mol. The van der Waals surface area contributed by atoms with Crippen LogP contribution in [0.4, 0.5) is 9.97 Å². The molecule has 0 unspecified atom stereocenters. The van der Waals surface area contributed by atoms with E-state index in [0.29, 0.717) is 5.25 Å². The van der Waals surface area contributed by atoms with Crippen LogP contribution in [0, 0.1) is 15.8 Å². The van der Waals surface area contributed by atoms with Gasteiger partial charge in [-0.1, -0.05) is 0 Å². The van der Waals surface area contributed by atoms with E-state index in [1.807, 2.05) is 0 Å². The second kappa shape index (κ2) is 3.07. The van der Waals surface area contributed by atoms with Crippen LogP contribution in [0.3, 0.4) is 0 Å². The zero-order valence-corrected chi connectivity index (χ0v) is 5.87. The zero-order valence-electron chi connectivity index (χ0n) is 5.87. The Labute approximate surface area is 65.2 Å². The molecule has 0 aromatic carbocycles. The van der Waals surface area contributed by atoms with Crippen LogP contribution in [-0.2, 0) is 0 Å². The molecular weight excluding hydrogens is 144 g/mol. The van der Waals surface area contributed by atoms with E-state index >= 15 is 0 Å². The third-order valence-electron chi connectivity index (χ3n) is 1.30. The predicted octanol–water partition coefficient (Wildman–Crippen LogP) is -1.99. The molecule has 0 fully saturated rings. The van der Waals surface area contributed by atoms with Gasteiger partial charge in [-0.15, -0.1) is 0 Å². The molecule has 8 heteroatoms. The number of nitrogens with zero attached hydrogens (tertiary/aromatic N) is 1. The monoisotopic (exact) mass is 147 g/mol. The first-order chi connectivity index (χ1) is 5.11. The second-order valence-corrected chi connectivity index (χ2v) is 2.21. The standard InChI is InChI=1S/C3H2B4FNO2/c4-3-5-2(9(10)11)1(8)6-7-3/h4H2. The Kier molecular flexibility index (Phi) is 2.31. The van der Waals surface area contributed by atoms with Crippen LogP contribution >= 0.6 is 0 Å². The Morgan fingerprint density at radius 1 is 1.55 bits per heavy atom. The second-order valence-electron chi connectivity index (χ2n) is 2.21. The normalized spacial score (nSPS) is 8.45. The fourth-order valence-corrected chi connectivity index (χ4v) is 0.763. The first kappa shape index (κ1) is 8.30. The Morgan fingerprint density at radius 2 is 2.18 bits per heavy atom. The summed E-state index contributed by atoms with van der Waals surface area (Å²) < 4.78 is 12.6. The molecule has 0 N–H and O–H groups in total. The van der Waals surface area contributed by atoms with Crippen molar-refractivity contribution < 1.29 is 9.31 Å². The Bertz CT molecular complexity index is 305. The third-order valence-corrected chi connectivity index (χ3v) is 1.30. The van der Waals surface area contributed by atoms with Gasteiger partial charge >= 0.3 is 64.3 Å². The van der Waals surface area contributed by atoms with Crippen molar-refractivity contribution in [3.8, 4) is 0 Å². The van der Waals surface area contributed by atoms with E-state index in [1.54, 1.807) is 7.85 Å². The summed E-state index contributed by atoms with van der Waals surface area (Å²) in [4.78, 5) is 9.41. The van der Waals surface area contributed by atoms with Gasteiger partial charge < -0.3 is 0 Å². The third kappa shape index (κ3) is 1.82. The molecule has 0 bridgehead atoms. The van der Waals surface area contributed by atoms with Gasteiger partial charge in [0.1, 0.15) is 0 Å². The van der Waals surface area contributed by atoms with Crippen LogP contribution in [0.5, 0.6) is 0 Å². The summed E-state index contributed by atoms with van der Waals surface area (Å²) in [5.41, 5.74) is -1.26. The van der Waals surface area contributed by atoms with Crippen LogP contribution in [0.1, 0.15) is 0 Å². The van der Waals surface area contributed by atoms with Gasteiger partial charge in [0.15, 0.2) is 0 Å². The number of rotatable bonds is 1. The minimum atomic E-state index is -0.791. The molecule has 50 valence electrons. The molecule has 11 heavy (non-hydrogen) atoms. The first-order valence-electron chi connectivity index (χ1n) is 3.02. The van der Waals surface area contributed by atoms with Crippen molar-refractivity contribution in [1.29, 1.82) is 0 Å². The summed E-state index contributed by atoms with van der Waals surface area (Å²) >= 11 is 0. The van der Waals surface area contributed by atoms with E-state index in [9.17, 15) is 14.5 Å². The van der Waals surface area contributed by atoms with E-state index in [1.165, 1.54) is 13.7 Å². The number of hydrogen-bond acceptors (Lipinski definition) is 2. The van der Waals surface area contributed by atoms with Crippen molar-refractivity contribution in [2.75, 3.05) is 0 Å². The average molecular weight is 146 g/mol. The maximum atomic E-state index is 12.6. The summed E-state index contributed by atoms with van der Waals surface area (Å²) in [6.07, 6.45) is 0. The van der Waals surface area contributed by atoms with Crippen LogP contribution in [0.2, 0.25) is 0 Å². The van der Waals surface area contributed by atoms with Crippen molar-refractivity contribution in [3.63, 3.8) is 0 Å². The van der Waals surface area contributed by atoms with Crippen LogP contribution < -0.4 is 5.25 Å². The van der Waals surface area contributed by atoms with E-state index in [-0.39, 0.29) is 0 Å². The number of hydrogen-bond donors (Lipinski definition) is 0. The number of halogens is 1. The van der Waals surface area contributed by atoms with E-state index in [0.717, 1.165) is 6.80 Å². The molecule has 1 rings (SSSR count). The molecule has 0 aliphatic rings. The first-order valence-corrected chi connectivity index (χ1v) is 3.02. The maximum absolute atomic E-state index is 12.6. The Balaban J connectivity index is 3.23.